The molecule has 1 saturated heterocycles. The van der Waals surface area contributed by atoms with Crippen LogP contribution >= 0.6 is 23.2 Å². The molecule has 6 heteroatoms. The highest BCUT2D eigenvalue weighted by molar-refractivity contribution is 6.32. The van der Waals surface area contributed by atoms with Crippen molar-refractivity contribution in [2.45, 2.75) is 18.8 Å². The topological polar surface area (TPSA) is 32.3 Å². The molecule has 0 aliphatic carbocycles. The first-order chi connectivity index (χ1) is 8.54. The molecule has 2 amide bonds. The summed E-state index contributed by atoms with van der Waals surface area (Å²) in [7, 11) is 0. The van der Waals surface area contributed by atoms with Gasteiger partial charge in [0.25, 0.3) is 0 Å². The lowest BCUT2D eigenvalue weighted by molar-refractivity contribution is 0.202. The lowest BCUT2D eigenvalue weighted by atomic mass is 10.0. The molecule has 1 aromatic carbocycles. The molecule has 0 aromatic heterocycles. The van der Waals surface area contributed by atoms with Gasteiger partial charge < -0.3 is 10.2 Å². The lowest BCUT2D eigenvalue weighted by Crippen LogP contribution is -2.31. The Hall–Kier alpha value is -1.00. The Balaban J connectivity index is 2.40. The summed E-state index contributed by atoms with van der Waals surface area (Å²) in [6.07, 6.45) is 0. The maximum absolute atomic E-state index is 13.4. The van der Waals surface area contributed by atoms with Crippen LogP contribution in [0.1, 0.15) is 24.1 Å². The Labute approximate surface area is 115 Å². The molecule has 1 aliphatic rings. The van der Waals surface area contributed by atoms with Gasteiger partial charge in [0.05, 0.1) is 6.04 Å². The Bertz CT molecular complexity index is 481. The SMILES string of the molecule is C[C@@H](c1cc(F)cc(Cl)c1CCl)N1CCNC1=O. The van der Waals surface area contributed by atoms with E-state index in [4.69, 9.17) is 23.2 Å². The standard InChI is InChI=1S/C12H13Cl2FN2O/c1-7(17-3-2-16-12(17)18)9-4-8(15)5-11(14)10(9)6-13/h4-5,7H,2-3,6H2,1H3,(H,16,18)/t7-/m0/s1. The molecule has 0 spiro atoms. The van der Waals surface area contributed by atoms with Gasteiger partial charge in [-0.25, -0.2) is 9.18 Å². The first-order valence-corrected chi connectivity index (χ1v) is 6.54. The number of amides is 2. The average molecular weight is 291 g/mol. The van der Waals surface area contributed by atoms with Gasteiger partial charge in [-0.15, -0.1) is 11.6 Å². The number of halogens is 3. The van der Waals surface area contributed by atoms with Gasteiger partial charge >= 0.3 is 6.03 Å². The summed E-state index contributed by atoms with van der Waals surface area (Å²) in [4.78, 5) is 13.3. The van der Waals surface area contributed by atoms with Gasteiger partial charge in [-0.2, -0.15) is 0 Å². The van der Waals surface area contributed by atoms with E-state index in [0.29, 0.717) is 29.2 Å². The van der Waals surface area contributed by atoms with Crippen molar-refractivity contribution >= 4 is 29.2 Å². The smallest absolute Gasteiger partial charge is 0.318 e. The molecule has 98 valence electrons. The van der Waals surface area contributed by atoms with E-state index in [0.717, 1.165) is 0 Å². The van der Waals surface area contributed by atoms with E-state index < -0.39 is 5.82 Å². The third-order valence-corrected chi connectivity index (χ3v) is 3.74. The zero-order chi connectivity index (χ0) is 13.3. The Morgan fingerprint density at radius 3 is 2.83 bits per heavy atom. The molecule has 3 nitrogen and oxygen atoms in total. The molecule has 1 heterocycles. The zero-order valence-corrected chi connectivity index (χ0v) is 11.4. The van der Waals surface area contributed by atoms with Crippen LogP contribution in [-0.4, -0.2) is 24.0 Å². The number of hydrogen-bond donors (Lipinski definition) is 1. The lowest BCUT2D eigenvalue weighted by Gasteiger charge is -2.25. The van der Waals surface area contributed by atoms with Crippen molar-refractivity contribution in [3.63, 3.8) is 0 Å². The largest absolute Gasteiger partial charge is 0.336 e. The highest BCUT2D eigenvalue weighted by Gasteiger charge is 2.27. The molecule has 0 radical (unpaired) electrons. The molecule has 0 unspecified atom stereocenters. The van der Waals surface area contributed by atoms with E-state index in [1.807, 2.05) is 6.92 Å². The Kier molecular flexibility index (Phi) is 3.97. The van der Waals surface area contributed by atoms with Gasteiger partial charge in [-0.05, 0) is 30.2 Å². The number of rotatable bonds is 3. The quantitative estimate of drug-likeness (QED) is 0.851. The molecular weight excluding hydrogens is 278 g/mol. The molecule has 1 aromatic rings. The highest BCUT2D eigenvalue weighted by Crippen LogP contribution is 2.31. The summed E-state index contributed by atoms with van der Waals surface area (Å²) in [6.45, 7) is 3.03. The Morgan fingerprint density at radius 2 is 2.28 bits per heavy atom. The molecule has 0 bridgehead atoms. The van der Waals surface area contributed by atoms with Gasteiger partial charge in [0.15, 0.2) is 0 Å². The predicted octanol–water partition coefficient (Wildman–Crippen LogP) is 3.30. The van der Waals surface area contributed by atoms with Crippen LogP contribution in [0.3, 0.4) is 0 Å². The highest BCUT2D eigenvalue weighted by atomic mass is 35.5. The second-order valence-electron chi connectivity index (χ2n) is 4.19. The second kappa shape index (κ2) is 5.33. The molecule has 1 atom stereocenters. The fraction of sp³-hybridized carbons (Fsp3) is 0.417. The van der Waals surface area contributed by atoms with Gasteiger partial charge in [-0.3, -0.25) is 0 Å². The monoisotopic (exact) mass is 290 g/mol. The average Bonchev–Trinajstić information content (AvgIpc) is 2.73. The summed E-state index contributed by atoms with van der Waals surface area (Å²) in [5.41, 5.74) is 1.33. The van der Waals surface area contributed by atoms with Crippen LogP contribution in [0.2, 0.25) is 5.02 Å². The third-order valence-electron chi connectivity index (χ3n) is 3.14. The van der Waals surface area contributed by atoms with Crippen molar-refractivity contribution in [2.24, 2.45) is 0 Å². The van der Waals surface area contributed by atoms with Crippen molar-refractivity contribution in [1.82, 2.24) is 10.2 Å². The van der Waals surface area contributed by atoms with Gasteiger partial charge in [0, 0.05) is 24.0 Å². The number of urea groups is 1. The van der Waals surface area contributed by atoms with E-state index in [2.05, 4.69) is 5.32 Å². The van der Waals surface area contributed by atoms with E-state index in [9.17, 15) is 9.18 Å². The molecule has 18 heavy (non-hydrogen) atoms. The van der Waals surface area contributed by atoms with Crippen LogP contribution in [0.15, 0.2) is 12.1 Å². The number of nitrogens with one attached hydrogen (secondary N) is 1. The zero-order valence-electron chi connectivity index (χ0n) is 9.84. The molecular formula is C12H13Cl2FN2O. The van der Waals surface area contributed by atoms with Crippen molar-refractivity contribution in [1.29, 1.82) is 0 Å². The van der Waals surface area contributed by atoms with Crippen LogP contribution in [-0.2, 0) is 5.88 Å². The van der Waals surface area contributed by atoms with Gasteiger partial charge in [0.1, 0.15) is 5.82 Å². The number of benzene rings is 1. The van der Waals surface area contributed by atoms with Crippen LogP contribution in [0.4, 0.5) is 9.18 Å². The molecule has 1 N–H and O–H groups in total. The summed E-state index contributed by atoms with van der Waals surface area (Å²) < 4.78 is 13.4. The van der Waals surface area contributed by atoms with E-state index in [1.165, 1.54) is 12.1 Å². The van der Waals surface area contributed by atoms with Crippen LogP contribution in [0, 0.1) is 5.82 Å². The summed E-state index contributed by atoms with van der Waals surface area (Å²) in [5.74, 6) is -0.232. The molecule has 1 aliphatic heterocycles. The summed E-state index contributed by atoms with van der Waals surface area (Å²) in [6, 6.07) is 2.22. The van der Waals surface area contributed by atoms with Crippen LogP contribution < -0.4 is 5.32 Å². The Morgan fingerprint density at radius 1 is 1.56 bits per heavy atom. The fourth-order valence-electron chi connectivity index (χ4n) is 2.16. The van der Waals surface area contributed by atoms with Crippen molar-refractivity contribution in [3.8, 4) is 0 Å². The first kappa shape index (κ1) is 13.4. The maximum Gasteiger partial charge on any atom is 0.318 e. The van der Waals surface area contributed by atoms with Crippen molar-refractivity contribution in [2.75, 3.05) is 13.1 Å². The predicted molar refractivity (Wildman–Crippen MR) is 69.5 cm³/mol. The van der Waals surface area contributed by atoms with Crippen LogP contribution in [0.25, 0.3) is 0 Å². The summed E-state index contributed by atoms with van der Waals surface area (Å²) in [5, 5.41) is 3.01. The molecule has 0 saturated carbocycles. The molecule has 1 fully saturated rings. The second-order valence-corrected chi connectivity index (χ2v) is 4.86. The van der Waals surface area contributed by atoms with Gasteiger partial charge in [0.2, 0.25) is 0 Å². The minimum atomic E-state index is -0.421. The first-order valence-electron chi connectivity index (χ1n) is 5.63. The number of hydrogen-bond acceptors (Lipinski definition) is 1. The van der Waals surface area contributed by atoms with E-state index in [1.54, 1.807) is 4.90 Å². The number of alkyl halides is 1. The normalized spacial score (nSPS) is 16.9. The summed E-state index contributed by atoms with van der Waals surface area (Å²) >= 11 is 11.8. The van der Waals surface area contributed by atoms with Gasteiger partial charge in [-0.1, -0.05) is 11.6 Å². The number of carbonyl (C=O) groups is 1. The van der Waals surface area contributed by atoms with Crippen molar-refractivity contribution in [3.05, 3.63) is 34.1 Å². The number of nitrogens with zero attached hydrogens (tertiary/aromatic N) is 1. The van der Waals surface area contributed by atoms with Crippen LogP contribution in [0.5, 0.6) is 0 Å². The van der Waals surface area contributed by atoms with E-state index >= 15 is 0 Å². The fourth-order valence-corrected chi connectivity index (χ4v) is 2.81. The third kappa shape index (κ3) is 2.40. The maximum atomic E-state index is 13.4. The van der Waals surface area contributed by atoms with Crippen molar-refractivity contribution < 1.29 is 9.18 Å². The minimum absolute atomic E-state index is 0.150. The minimum Gasteiger partial charge on any atom is -0.336 e. The molecule has 2 rings (SSSR count). The number of carbonyl (C=O) groups excluding carboxylic acids is 1. The van der Waals surface area contributed by atoms with E-state index in [-0.39, 0.29) is 18.0 Å².